The molecule has 1 amide bonds. The third-order valence-corrected chi connectivity index (χ3v) is 6.36. The second kappa shape index (κ2) is 10.2. The molecule has 1 aromatic heterocycles. The summed E-state index contributed by atoms with van der Waals surface area (Å²) >= 11 is 0. The van der Waals surface area contributed by atoms with Gasteiger partial charge in [-0.1, -0.05) is 61.9 Å². The number of furan rings is 1. The van der Waals surface area contributed by atoms with E-state index < -0.39 is 0 Å². The number of carbonyl (C=O) groups is 1. The van der Waals surface area contributed by atoms with E-state index in [1.54, 1.807) is 6.26 Å². The highest BCUT2D eigenvalue weighted by Crippen LogP contribution is 2.34. The number of amides is 1. The third kappa shape index (κ3) is 5.49. The fourth-order valence-corrected chi connectivity index (χ4v) is 4.84. The predicted molar refractivity (Wildman–Crippen MR) is 129 cm³/mol. The van der Waals surface area contributed by atoms with Gasteiger partial charge < -0.3 is 9.32 Å². The lowest BCUT2D eigenvalue weighted by Crippen LogP contribution is -2.39. The number of aryl methyl sites for hydroxylation is 1. The summed E-state index contributed by atoms with van der Waals surface area (Å²) < 4.78 is 5.28. The summed E-state index contributed by atoms with van der Waals surface area (Å²) in [6.45, 7) is 10.8. The minimum Gasteiger partial charge on any atom is -0.472 e. The first kappa shape index (κ1) is 22.3. The molecule has 32 heavy (non-hydrogen) atoms. The fourth-order valence-electron chi connectivity index (χ4n) is 4.84. The molecule has 0 aliphatic carbocycles. The van der Waals surface area contributed by atoms with Crippen molar-refractivity contribution in [1.29, 1.82) is 0 Å². The Balaban J connectivity index is 1.56. The summed E-state index contributed by atoms with van der Waals surface area (Å²) in [6.07, 6.45) is 3.57. The Bertz CT molecular complexity index is 980. The van der Waals surface area contributed by atoms with Crippen molar-refractivity contribution in [2.75, 3.05) is 26.2 Å². The molecule has 4 rings (SSSR count). The highest BCUT2D eigenvalue weighted by Gasteiger charge is 2.36. The highest BCUT2D eigenvalue weighted by molar-refractivity contribution is 5.94. The van der Waals surface area contributed by atoms with Crippen LogP contribution in [0.3, 0.4) is 0 Å². The van der Waals surface area contributed by atoms with Gasteiger partial charge >= 0.3 is 0 Å². The Morgan fingerprint density at radius 2 is 1.81 bits per heavy atom. The summed E-state index contributed by atoms with van der Waals surface area (Å²) in [6, 6.07) is 20.8. The van der Waals surface area contributed by atoms with Crippen LogP contribution < -0.4 is 0 Å². The molecule has 1 aliphatic rings. The maximum atomic E-state index is 13.5. The van der Waals surface area contributed by atoms with Crippen molar-refractivity contribution in [1.82, 2.24) is 9.80 Å². The van der Waals surface area contributed by atoms with Crippen LogP contribution in [0, 0.1) is 18.8 Å². The summed E-state index contributed by atoms with van der Waals surface area (Å²) in [5.41, 5.74) is 4.51. The van der Waals surface area contributed by atoms with Crippen molar-refractivity contribution in [3.05, 3.63) is 95.4 Å². The zero-order chi connectivity index (χ0) is 22.5. The molecule has 0 unspecified atom stereocenters. The van der Waals surface area contributed by atoms with Crippen LogP contribution in [0.5, 0.6) is 0 Å². The number of hydrogen-bond acceptors (Lipinski definition) is 3. The number of rotatable bonds is 8. The zero-order valence-corrected chi connectivity index (χ0v) is 19.4. The van der Waals surface area contributed by atoms with E-state index in [4.69, 9.17) is 4.42 Å². The molecule has 4 heteroatoms. The lowest BCUT2D eigenvalue weighted by atomic mass is 9.88. The Hall–Kier alpha value is -2.85. The van der Waals surface area contributed by atoms with Gasteiger partial charge in [0.2, 0.25) is 0 Å². The van der Waals surface area contributed by atoms with E-state index in [2.05, 4.69) is 60.9 Å². The standard InChI is InChI=1S/C28H34N2O2/c1-21(2)15-30(28(31)25-11-9-22(3)10-12-25)18-26-17-29(16-23-13-14-32-20-23)19-27(26)24-7-5-4-6-8-24/h4-14,20-21,26-27H,15-19H2,1-3H3/t26-,27-/m0/s1. The maximum absolute atomic E-state index is 13.5. The molecule has 2 aromatic carbocycles. The summed E-state index contributed by atoms with van der Waals surface area (Å²) in [5, 5.41) is 0. The lowest BCUT2D eigenvalue weighted by molar-refractivity contribution is 0.0703. The van der Waals surface area contributed by atoms with Crippen molar-refractivity contribution in [2.45, 2.75) is 33.2 Å². The van der Waals surface area contributed by atoms with E-state index in [0.717, 1.165) is 38.3 Å². The molecule has 1 saturated heterocycles. The summed E-state index contributed by atoms with van der Waals surface area (Å²) in [7, 11) is 0. The van der Waals surface area contributed by atoms with Gasteiger partial charge in [-0.15, -0.1) is 0 Å². The molecule has 0 saturated carbocycles. The quantitative estimate of drug-likeness (QED) is 0.467. The fraction of sp³-hybridized carbons (Fsp3) is 0.393. The minimum atomic E-state index is 0.138. The van der Waals surface area contributed by atoms with Gasteiger partial charge in [-0.25, -0.2) is 0 Å². The Labute approximate surface area is 191 Å². The second-order valence-corrected chi connectivity index (χ2v) is 9.57. The number of carbonyl (C=O) groups excluding carboxylic acids is 1. The normalized spacial score (nSPS) is 18.9. The van der Waals surface area contributed by atoms with Gasteiger partial charge in [0, 0.05) is 49.8 Å². The van der Waals surface area contributed by atoms with Gasteiger partial charge in [-0.2, -0.15) is 0 Å². The summed E-state index contributed by atoms with van der Waals surface area (Å²) in [5.74, 6) is 1.35. The van der Waals surface area contributed by atoms with Gasteiger partial charge in [0.15, 0.2) is 0 Å². The van der Waals surface area contributed by atoms with Crippen molar-refractivity contribution in [3.63, 3.8) is 0 Å². The Morgan fingerprint density at radius 1 is 1.06 bits per heavy atom. The smallest absolute Gasteiger partial charge is 0.253 e. The molecule has 2 heterocycles. The van der Waals surface area contributed by atoms with Gasteiger partial charge in [-0.05, 0) is 42.5 Å². The van der Waals surface area contributed by atoms with Crippen molar-refractivity contribution in [3.8, 4) is 0 Å². The molecule has 1 fully saturated rings. The van der Waals surface area contributed by atoms with Gasteiger partial charge in [0.1, 0.15) is 0 Å². The van der Waals surface area contributed by atoms with Crippen LogP contribution in [0.2, 0.25) is 0 Å². The SMILES string of the molecule is Cc1ccc(C(=O)N(CC(C)C)C[C@@H]2CN(Cc3ccoc3)C[C@H]2c2ccccc2)cc1. The van der Waals surface area contributed by atoms with Crippen molar-refractivity contribution >= 4 is 5.91 Å². The average molecular weight is 431 g/mol. The largest absolute Gasteiger partial charge is 0.472 e. The first-order valence-electron chi connectivity index (χ1n) is 11.6. The highest BCUT2D eigenvalue weighted by atomic mass is 16.3. The summed E-state index contributed by atoms with van der Waals surface area (Å²) in [4.78, 5) is 18.0. The van der Waals surface area contributed by atoms with Crippen LogP contribution in [0.1, 0.15) is 46.8 Å². The van der Waals surface area contributed by atoms with Crippen LogP contribution >= 0.6 is 0 Å². The number of nitrogens with zero attached hydrogens (tertiary/aromatic N) is 2. The first-order valence-corrected chi connectivity index (χ1v) is 11.6. The van der Waals surface area contributed by atoms with Gasteiger partial charge in [-0.3, -0.25) is 9.69 Å². The Kier molecular flexibility index (Phi) is 7.11. The molecule has 0 N–H and O–H groups in total. The van der Waals surface area contributed by atoms with E-state index in [1.807, 2.05) is 36.6 Å². The average Bonchev–Trinajstić information content (AvgIpc) is 3.44. The topological polar surface area (TPSA) is 36.7 Å². The predicted octanol–water partition coefficient (Wildman–Crippen LogP) is 5.60. The van der Waals surface area contributed by atoms with Crippen molar-refractivity contribution < 1.29 is 9.21 Å². The van der Waals surface area contributed by atoms with Gasteiger partial charge in [0.05, 0.1) is 12.5 Å². The molecule has 2 atom stereocenters. The minimum absolute atomic E-state index is 0.138. The second-order valence-electron chi connectivity index (χ2n) is 9.57. The van der Waals surface area contributed by atoms with Crippen molar-refractivity contribution in [2.24, 2.45) is 11.8 Å². The van der Waals surface area contributed by atoms with Crippen LogP contribution in [0.4, 0.5) is 0 Å². The van der Waals surface area contributed by atoms with Gasteiger partial charge in [0.25, 0.3) is 5.91 Å². The van der Waals surface area contributed by atoms with E-state index in [0.29, 0.717) is 17.8 Å². The molecule has 0 radical (unpaired) electrons. The molecule has 4 nitrogen and oxygen atoms in total. The lowest BCUT2D eigenvalue weighted by Gasteiger charge is -2.30. The number of hydrogen-bond donors (Lipinski definition) is 0. The number of likely N-dealkylation sites (tertiary alicyclic amines) is 1. The first-order chi connectivity index (χ1) is 15.5. The van der Waals surface area contributed by atoms with E-state index in [1.165, 1.54) is 16.7 Å². The molecule has 0 bridgehead atoms. The Morgan fingerprint density at radius 3 is 2.47 bits per heavy atom. The molecule has 1 aliphatic heterocycles. The van der Waals surface area contributed by atoms with E-state index >= 15 is 0 Å². The van der Waals surface area contributed by atoms with E-state index in [9.17, 15) is 4.79 Å². The van der Waals surface area contributed by atoms with E-state index in [-0.39, 0.29) is 5.91 Å². The number of benzene rings is 2. The molecule has 168 valence electrons. The monoisotopic (exact) mass is 430 g/mol. The zero-order valence-electron chi connectivity index (χ0n) is 19.4. The molecular formula is C28H34N2O2. The maximum Gasteiger partial charge on any atom is 0.253 e. The molecular weight excluding hydrogens is 396 g/mol. The molecule has 0 spiro atoms. The van der Waals surface area contributed by atoms with Crippen LogP contribution in [0.25, 0.3) is 0 Å². The van der Waals surface area contributed by atoms with Crippen LogP contribution in [0.15, 0.2) is 77.6 Å². The third-order valence-electron chi connectivity index (χ3n) is 6.36. The van der Waals surface area contributed by atoms with Crippen LogP contribution in [-0.2, 0) is 6.54 Å². The molecule has 3 aromatic rings. The van der Waals surface area contributed by atoms with Crippen LogP contribution in [-0.4, -0.2) is 41.9 Å².